The van der Waals surface area contributed by atoms with Gasteiger partial charge in [0.25, 0.3) is 0 Å². The fourth-order valence-electron chi connectivity index (χ4n) is 1.96. The monoisotopic (exact) mass is 396 g/mol. The summed E-state index contributed by atoms with van der Waals surface area (Å²) in [5.74, 6) is 0. The maximum atomic E-state index is 9.87. The summed E-state index contributed by atoms with van der Waals surface area (Å²) in [5, 5.41) is 8.77. The van der Waals surface area contributed by atoms with Crippen molar-refractivity contribution in [3.63, 3.8) is 0 Å². The average molecular weight is 396 g/mol. The van der Waals surface area contributed by atoms with E-state index in [-0.39, 0.29) is 5.41 Å². The minimum atomic E-state index is -10.7. The number of nitrogens with zero attached hydrogens (tertiary/aromatic N) is 2. The molecule has 0 saturated heterocycles. The van der Waals surface area contributed by atoms with Gasteiger partial charge in [0.2, 0.25) is 0 Å². The molecular weight excluding hydrogens is 377 g/mol. The number of rotatable bonds is 2. The summed E-state index contributed by atoms with van der Waals surface area (Å²) in [6, 6.07) is 14.5. The fraction of sp³-hybridized carbons (Fsp3) is 0.294. The van der Waals surface area contributed by atoms with Gasteiger partial charge in [0.15, 0.2) is 18.9 Å². The molecule has 26 heavy (non-hydrogen) atoms. The molecule has 2 rings (SSSR count). The molecule has 1 aromatic carbocycles. The number of halogens is 6. The van der Waals surface area contributed by atoms with Gasteiger partial charge in [-0.1, -0.05) is 45.0 Å². The molecule has 1 aromatic heterocycles. The molecule has 0 atom stereocenters. The van der Waals surface area contributed by atoms with Gasteiger partial charge in [-0.3, -0.25) is 0 Å². The second-order valence-electron chi connectivity index (χ2n) is 6.78. The summed E-state index contributed by atoms with van der Waals surface area (Å²) in [4.78, 5) is 0. The minimum absolute atomic E-state index is 0.195. The molecule has 0 saturated carbocycles. The Morgan fingerprint density at radius 1 is 0.885 bits per heavy atom. The number of benzene rings is 1. The van der Waals surface area contributed by atoms with E-state index in [1.165, 1.54) is 11.1 Å². The molecular formula is C17H19F6N2P. The number of pyridine rings is 1. The van der Waals surface area contributed by atoms with Gasteiger partial charge in [-0.2, -0.15) is 5.26 Å². The van der Waals surface area contributed by atoms with Gasteiger partial charge in [0.1, 0.15) is 0 Å². The number of hydrogen-bond acceptors (Lipinski definition) is 1. The van der Waals surface area contributed by atoms with E-state index >= 15 is 0 Å². The van der Waals surface area contributed by atoms with Gasteiger partial charge in [-0.05, 0) is 11.0 Å². The summed E-state index contributed by atoms with van der Waals surface area (Å²) in [6.07, 6.45) is 3.88. The molecule has 0 amide bonds. The van der Waals surface area contributed by atoms with Crippen LogP contribution < -0.4 is 4.57 Å². The van der Waals surface area contributed by atoms with Crippen LogP contribution in [0, 0.1) is 11.3 Å². The molecule has 0 fully saturated rings. The molecule has 2 nitrogen and oxygen atoms in total. The molecule has 0 bridgehead atoms. The first-order valence-electron chi connectivity index (χ1n) is 7.49. The predicted octanol–water partition coefficient (Wildman–Crippen LogP) is 6.57. The van der Waals surface area contributed by atoms with Crippen LogP contribution in [0.1, 0.15) is 37.5 Å². The molecule has 0 aliphatic carbocycles. The van der Waals surface area contributed by atoms with Crippen LogP contribution in [0.2, 0.25) is 0 Å². The predicted molar refractivity (Wildman–Crippen MR) is 89.2 cm³/mol. The first-order valence-corrected chi connectivity index (χ1v) is 9.52. The van der Waals surface area contributed by atoms with Crippen LogP contribution in [0.25, 0.3) is 0 Å². The number of nitriles is 1. The number of hydrogen-bond donors (Lipinski definition) is 0. The molecule has 0 aliphatic heterocycles. The van der Waals surface area contributed by atoms with Crippen LogP contribution in [0.4, 0.5) is 25.2 Å². The van der Waals surface area contributed by atoms with Crippen molar-refractivity contribution in [2.75, 3.05) is 0 Å². The SMILES string of the molecule is CC(C)(C)c1ccc(C[n+]2ccc(C#N)cc2)cc1.F[P-](F)(F)(F)(F)F. The third-order valence-corrected chi connectivity index (χ3v) is 3.21. The molecule has 0 N–H and O–H groups in total. The van der Waals surface area contributed by atoms with Crippen LogP contribution in [-0.2, 0) is 12.0 Å². The quantitative estimate of drug-likeness (QED) is 0.320. The Kier molecular flexibility index (Phi) is 5.52. The summed E-state index contributed by atoms with van der Waals surface area (Å²) >= 11 is 0. The first kappa shape index (κ1) is 21.9. The Labute approximate surface area is 147 Å². The summed E-state index contributed by atoms with van der Waals surface area (Å²) in [7, 11) is -10.7. The Morgan fingerprint density at radius 3 is 1.65 bits per heavy atom. The second-order valence-corrected chi connectivity index (χ2v) is 8.69. The maximum absolute atomic E-state index is 10.7. The third-order valence-electron chi connectivity index (χ3n) is 3.21. The Bertz CT molecular complexity index is 772. The molecule has 144 valence electrons. The molecule has 0 aliphatic rings. The van der Waals surface area contributed by atoms with Crippen molar-refractivity contribution >= 4 is 7.81 Å². The van der Waals surface area contributed by atoms with Crippen LogP contribution in [-0.4, -0.2) is 0 Å². The fourth-order valence-corrected chi connectivity index (χ4v) is 1.96. The van der Waals surface area contributed by atoms with Gasteiger partial charge in [0.05, 0.1) is 11.6 Å². The van der Waals surface area contributed by atoms with Gasteiger partial charge in [0, 0.05) is 17.7 Å². The summed E-state index contributed by atoms with van der Waals surface area (Å²) in [6.45, 7) is 7.49. The van der Waals surface area contributed by atoms with Crippen LogP contribution >= 0.6 is 7.81 Å². The van der Waals surface area contributed by atoms with Crippen molar-refractivity contribution in [2.24, 2.45) is 0 Å². The topological polar surface area (TPSA) is 27.7 Å². The van der Waals surface area contributed by atoms with Gasteiger partial charge >= 0.3 is 33.0 Å². The molecule has 0 spiro atoms. The van der Waals surface area contributed by atoms with E-state index in [2.05, 4.69) is 55.7 Å². The van der Waals surface area contributed by atoms with E-state index in [9.17, 15) is 25.2 Å². The van der Waals surface area contributed by atoms with Crippen molar-refractivity contribution in [1.82, 2.24) is 0 Å². The van der Waals surface area contributed by atoms with Gasteiger partial charge in [-0.25, -0.2) is 4.57 Å². The van der Waals surface area contributed by atoms with E-state index in [0.717, 1.165) is 6.54 Å². The van der Waals surface area contributed by atoms with E-state index in [1.807, 2.05) is 24.5 Å². The first-order chi connectivity index (χ1) is 11.4. The Morgan fingerprint density at radius 2 is 1.31 bits per heavy atom. The van der Waals surface area contributed by atoms with Crippen molar-refractivity contribution < 1.29 is 29.7 Å². The molecule has 0 radical (unpaired) electrons. The molecule has 1 heterocycles. The molecule has 9 heteroatoms. The van der Waals surface area contributed by atoms with E-state index in [4.69, 9.17) is 5.26 Å². The summed E-state index contributed by atoms with van der Waals surface area (Å²) < 4.78 is 61.3. The molecule has 0 unspecified atom stereocenters. The zero-order valence-electron chi connectivity index (χ0n) is 14.4. The third kappa shape index (κ3) is 10.7. The van der Waals surface area contributed by atoms with Gasteiger partial charge in [-0.15, -0.1) is 0 Å². The van der Waals surface area contributed by atoms with Crippen LogP contribution in [0.3, 0.4) is 0 Å². The van der Waals surface area contributed by atoms with Crippen molar-refractivity contribution in [2.45, 2.75) is 32.7 Å². The van der Waals surface area contributed by atoms with Crippen LogP contribution in [0.15, 0.2) is 48.8 Å². The van der Waals surface area contributed by atoms with E-state index < -0.39 is 7.81 Å². The zero-order chi connectivity index (χ0) is 20.3. The normalized spacial score (nSPS) is 14.3. The van der Waals surface area contributed by atoms with Crippen molar-refractivity contribution in [3.05, 3.63) is 65.5 Å². The van der Waals surface area contributed by atoms with Crippen LogP contribution in [0.5, 0.6) is 0 Å². The summed E-state index contributed by atoms with van der Waals surface area (Å²) in [5.41, 5.74) is 3.50. The van der Waals surface area contributed by atoms with Crippen molar-refractivity contribution in [3.8, 4) is 6.07 Å². The average Bonchev–Trinajstić information content (AvgIpc) is 2.44. The van der Waals surface area contributed by atoms with E-state index in [0.29, 0.717) is 5.56 Å². The standard InChI is InChI=1S/C17H19N2.F6P/c1-17(2,3)16-6-4-15(5-7-16)13-19-10-8-14(12-18)9-11-19;1-7(2,3,4,5)6/h4-11H,13H2,1-3H3;/q+1;-1. The Balaban J connectivity index is 0.000000412. The van der Waals surface area contributed by atoms with Gasteiger partial charge < -0.3 is 0 Å². The number of aromatic nitrogens is 1. The van der Waals surface area contributed by atoms with Crippen molar-refractivity contribution in [1.29, 1.82) is 5.26 Å². The second kappa shape index (κ2) is 6.55. The zero-order valence-corrected chi connectivity index (χ0v) is 15.3. The molecule has 2 aromatic rings. The Hall–Kier alpha value is -2.13. The van der Waals surface area contributed by atoms with E-state index in [1.54, 1.807) is 0 Å².